The Labute approximate surface area is 93.9 Å². The quantitative estimate of drug-likeness (QED) is 0.714. The molecule has 3 heteroatoms. The number of carbonyl (C=O) groups excluding carboxylic acids is 1. The Morgan fingerprint density at radius 2 is 2.20 bits per heavy atom. The molecule has 0 spiro atoms. The minimum absolute atomic E-state index is 0.283. The van der Waals surface area contributed by atoms with Crippen molar-refractivity contribution in [1.82, 2.24) is 4.90 Å². The van der Waals surface area contributed by atoms with Crippen LogP contribution in [-0.2, 0) is 0 Å². The van der Waals surface area contributed by atoms with E-state index in [4.69, 9.17) is 0 Å². The van der Waals surface area contributed by atoms with Gasteiger partial charge in [0.05, 0.1) is 4.88 Å². The van der Waals surface area contributed by atoms with Crippen LogP contribution in [0.5, 0.6) is 0 Å². The maximum absolute atomic E-state index is 12.2. The number of hydrogen-bond donors (Lipinski definition) is 0. The van der Waals surface area contributed by atoms with E-state index in [9.17, 15) is 4.79 Å². The van der Waals surface area contributed by atoms with E-state index in [1.165, 1.54) is 25.9 Å². The van der Waals surface area contributed by atoms with Crippen LogP contribution < -0.4 is 0 Å². The maximum atomic E-state index is 12.2. The molecule has 2 bridgehead atoms. The summed E-state index contributed by atoms with van der Waals surface area (Å²) in [4.78, 5) is 15.6. The van der Waals surface area contributed by atoms with Crippen molar-refractivity contribution in [3.8, 4) is 0 Å². The zero-order valence-corrected chi connectivity index (χ0v) is 9.50. The zero-order chi connectivity index (χ0) is 10.3. The summed E-state index contributed by atoms with van der Waals surface area (Å²) in [5, 5.41) is 1.99. The number of piperidine rings is 3. The van der Waals surface area contributed by atoms with Gasteiger partial charge >= 0.3 is 0 Å². The monoisotopic (exact) mass is 221 g/mol. The van der Waals surface area contributed by atoms with Crippen molar-refractivity contribution in [3.63, 3.8) is 0 Å². The van der Waals surface area contributed by atoms with Crippen LogP contribution in [0.3, 0.4) is 0 Å². The van der Waals surface area contributed by atoms with Gasteiger partial charge in [-0.05, 0) is 43.3 Å². The summed E-state index contributed by atoms with van der Waals surface area (Å²) in [5.41, 5.74) is 0. The number of Topliss-reactive ketones (excluding diaryl/α,β-unsaturated/α-hetero) is 1. The van der Waals surface area contributed by atoms with Crippen LogP contribution in [0.25, 0.3) is 0 Å². The molecular formula is C12H15NOS. The first kappa shape index (κ1) is 9.55. The highest BCUT2D eigenvalue weighted by atomic mass is 32.1. The van der Waals surface area contributed by atoms with Crippen LogP contribution in [0.4, 0.5) is 0 Å². The molecule has 3 aliphatic heterocycles. The van der Waals surface area contributed by atoms with Gasteiger partial charge in [-0.1, -0.05) is 6.07 Å². The van der Waals surface area contributed by atoms with E-state index >= 15 is 0 Å². The summed E-state index contributed by atoms with van der Waals surface area (Å²) in [6, 6.07) is 3.93. The zero-order valence-electron chi connectivity index (χ0n) is 8.69. The second kappa shape index (κ2) is 3.72. The Morgan fingerprint density at radius 1 is 1.40 bits per heavy atom. The molecular weight excluding hydrogens is 206 g/mol. The molecule has 2 nitrogen and oxygen atoms in total. The highest BCUT2D eigenvalue weighted by molar-refractivity contribution is 7.12. The van der Waals surface area contributed by atoms with E-state index in [2.05, 4.69) is 4.90 Å². The van der Waals surface area contributed by atoms with Crippen LogP contribution in [0.15, 0.2) is 17.5 Å². The molecule has 3 fully saturated rings. The number of fused-ring (bicyclic) bond motifs is 3. The molecule has 0 aliphatic carbocycles. The maximum Gasteiger partial charge on any atom is 0.177 e. The van der Waals surface area contributed by atoms with Crippen LogP contribution in [0, 0.1) is 11.8 Å². The van der Waals surface area contributed by atoms with Crippen molar-refractivity contribution >= 4 is 17.1 Å². The summed E-state index contributed by atoms with van der Waals surface area (Å²) in [5.74, 6) is 1.33. The largest absolute Gasteiger partial charge is 0.303 e. The SMILES string of the molecule is O=C(c1cccs1)C1CN2CCC1CC2. The number of carbonyl (C=O) groups is 1. The summed E-state index contributed by atoms with van der Waals surface area (Å²) < 4.78 is 0. The number of rotatable bonds is 2. The van der Waals surface area contributed by atoms with Crippen molar-refractivity contribution < 1.29 is 4.79 Å². The normalized spacial score (nSPS) is 34.3. The predicted molar refractivity (Wildman–Crippen MR) is 61.3 cm³/mol. The van der Waals surface area contributed by atoms with E-state index < -0.39 is 0 Å². The number of thiophene rings is 1. The van der Waals surface area contributed by atoms with Gasteiger partial charge in [-0.25, -0.2) is 0 Å². The van der Waals surface area contributed by atoms with Crippen molar-refractivity contribution in [3.05, 3.63) is 22.4 Å². The number of hydrogen-bond acceptors (Lipinski definition) is 3. The lowest BCUT2D eigenvalue weighted by molar-refractivity contribution is 0.0422. The predicted octanol–water partition coefficient (Wildman–Crippen LogP) is 2.27. The van der Waals surface area contributed by atoms with Crippen molar-refractivity contribution in [2.24, 2.45) is 11.8 Å². The molecule has 0 N–H and O–H groups in total. The van der Waals surface area contributed by atoms with Crippen LogP contribution >= 0.6 is 11.3 Å². The summed E-state index contributed by atoms with van der Waals surface area (Å²) in [7, 11) is 0. The Bertz CT molecular complexity index is 352. The highest BCUT2D eigenvalue weighted by Crippen LogP contribution is 2.34. The first-order chi connectivity index (χ1) is 7.34. The van der Waals surface area contributed by atoms with Crippen LogP contribution in [0.1, 0.15) is 22.5 Å². The molecule has 0 aromatic carbocycles. The Kier molecular flexibility index (Phi) is 2.37. The third kappa shape index (κ3) is 1.64. The smallest absolute Gasteiger partial charge is 0.177 e. The molecule has 4 rings (SSSR count). The second-order valence-corrected chi connectivity index (χ2v) is 5.53. The number of nitrogens with zero attached hydrogens (tertiary/aromatic N) is 1. The van der Waals surface area contributed by atoms with E-state index in [0.29, 0.717) is 11.7 Å². The van der Waals surface area contributed by atoms with Crippen molar-refractivity contribution in [2.75, 3.05) is 19.6 Å². The Morgan fingerprint density at radius 3 is 2.73 bits per heavy atom. The molecule has 1 atom stereocenters. The van der Waals surface area contributed by atoms with Gasteiger partial charge in [-0.3, -0.25) is 4.79 Å². The molecule has 80 valence electrons. The van der Waals surface area contributed by atoms with E-state index in [1.807, 2.05) is 17.5 Å². The summed E-state index contributed by atoms with van der Waals surface area (Å²) >= 11 is 1.58. The van der Waals surface area contributed by atoms with Crippen LogP contribution in [0.2, 0.25) is 0 Å². The molecule has 15 heavy (non-hydrogen) atoms. The molecule has 1 unspecified atom stereocenters. The summed E-state index contributed by atoms with van der Waals surface area (Å²) in [6.45, 7) is 3.42. The van der Waals surface area contributed by atoms with Gasteiger partial charge in [0.25, 0.3) is 0 Å². The molecule has 1 aromatic rings. The van der Waals surface area contributed by atoms with Gasteiger partial charge in [0, 0.05) is 12.5 Å². The first-order valence-corrected chi connectivity index (χ1v) is 6.52. The Hall–Kier alpha value is -0.670. The molecule has 1 aromatic heterocycles. The van der Waals surface area contributed by atoms with Gasteiger partial charge in [0.1, 0.15) is 0 Å². The van der Waals surface area contributed by atoms with Gasteiger partial charge < -0.3 is 4.90 Å². The third-order valence-electron chi connectivity index (χ3n) is 3.76. The van der Waals surface area contributed by atoms with Crippen molar-refractivity contribution in [2.45, 2.75) is 12.8 Å². The van der Waals surface area contributed by atoms with E-state index in [-0.39, 0.29) is 5.92 Å². The lowest BCUT2D eigenvalue weighted by Crippen LogP contribution is -2.49. The molecule has 0 amide bonds. The third-order valence-corrected chi connectivity index (χ3v) is 4.64. The fraction of sp³-hybridized carbons (Fsp3) is 0.583. The lowest BCUT2D eigenvalue weighted by atomic mass is 9.76. The molecule has 4 heterocycles. The van der Waals surface area contributed by atoms with Crippen LogP contribution in [-0.4, -0.2) is 30.3 Å². The minimum Gasteiger partial charge on any atom is -0.303 e. The van der Waals surface area contributed by atoms with Gasteiger partial charge in [-0.15, -0.1) is 11.3 Å². The average molecular weight is 221 g/mol. The first-order valence-electron chi connectivity index (χ1n) is 5.64. The second-order valence-electron chi connectivity index (χ2n) is 4.59. The standard InChI is InChI=1S/C12H15NOS/c14-12(11-2-1-7-15-11)10-8-13-5-3-9(10)4-6-13/h1-2,7,9-10H,3-6,8H2. The molecule has 3 saturated heterocycles. The average Bonchev–Trinajstić information content (AvgIpc) is 2.83. The molecule has 3 aliphatic rings. The van der Waals surface area contributed by atoms with Gasteiger partial charge in [0.2, 0.25) is 0 Å². The highest BCUT2D eigenvalue weighted by Gasteiger charge is 2.38. The fourth-order valence-electron chi connectivity index (χ4n) is 2.86. The lowest BCUT2D eigenvalue weighted by Gasteiger charge is -2.43. The minimum atomic E-state index is 0.283. The van der Waals surface area contributed by atoms with Gasteiger partial charge in [0.15, 0.2) is 5.78 Å². The summed E-state index contributed by atoms with van der Waals surface area (Å²) in [6.07, 6.45) is 2.45. The van der Waals surface area contributed by atoms with E-state index in [0.717, 1.165) is 11.4 Å². The molecule has 0 saturated carbocycles. The van der Waals surface area contributed by atoms with Gasteiger partial charge in [-0.2, -0.15) is 0 Å². The fourth-order valence-corrected chi connectivity index (χ4v) is 3.59. The topological polar surface area (TPSA) is 20.3 Å². The van der Waals surface area contributed by atoms with E-state index in [1.54, 1.807) is 11.3 Å². The van der Waals surface area contributed by atoms with Crippen molar-refractivity contribution in [1.29, 1.82) is 0 Å². The number of ketones is 1. The molecule has 0 radical (unpaired) electrons. The Balaban J connectivity index is 1.80.